The van der Waals surface area contributed by atoms with Crippen LogP contribution in [0.15, 0.2) is 66.7 Å². The summed E-state index contributed by atoms with van der Waals surface area (Å²) in [5.41, 5.74) is 6.30. The third kappa shape index (κ3) is 4.48. The van der Waals surface area contributed by atoms with Crippen molar-refractivity contribution in [2.75, 3.05) is 0 Å². The van der Waals surface area contributed by atoms with Crippen molar-refractivity contribution in [3.63, 3.8) is 0 Å². The molecule has 1 aliphatic heterocycles. The molecule has 0 amide bonds. The van der Waals surface area contributed by atoms with E-state index in [-0.39, 0.29) is 17.9 Å². The average molecular weight is 441 g/mol. The Morgan fingerprint density at radius 2 is 1.33 bits per heavy atom. The highest BCUT2D eigenvalue weighted by atomic mass is 16.5. The third-order valence-electron chi connectivity index (χ3n) is 7.09. The lowest BCUT2D eigenvalue weighted by Crippen LogP contribution is -2.36. The van der Waals surface area contributed by atoms with Gasteiger partial charge in [0.2, 0.25) is 0 Å². The zero-order valence-corrected chi connectivity index (χ0v) is 22.0. The summed E-state index contributed by atoms with van der Waals surface area (Å²) in [6.45, 7) is 19.4. The molecule has 0 radical (unpaired) electrons. The van der Waals surface area contributed by atoms with Crippen molar-refractivity contribution >= 4 is 34.2 Å². The van der Waals surface area contributed by atoms with Crippen LogP contribution in [0.2, 0.25) is 6.32 Å². The van der Waals surface area contributed by atoms with Crippen LogP contribution in [0.1, 0.15) is 61.0 Å². The maximum absolute atomic E-state index is 6.52. The molecule has 2 nitrogen and oxygen atoms in total. The fourth-order valence-electron chi connectivity index (χ4n) is 4.66. The van der Waals surface area contributed by atoms with Gasteiger partial charge < -0.3 is 9.22 Å². The van der Waals surface area contributed by atoms with E-state index >= 15 is 0 Å². The van der Waals surface area contributed by atoms with Crippen molar-refractivity contribution in [1.82, 2.24) is 4.57 Å². The largest absolute Gasteiger partial charge is 0.426 e. The second kappa shape index (κ2) is 9.77. The van der Waals surface area contributed by atoms with Crippen molar-refractivity contribution < 1.29 is 4.65 Å². The molecule has 0 bridgehead atoms. The molecule has 0 saturated carbocycles. The normalized spacial score (nSPS) is 16.2. The molecular weight excluding hydrogens is 401 g/mol. The number of aryl methyl sites for hydroxylation is 1. The standard InChI is InChI=1S/C26H28BNO.2C2H6/c1-18-11-13-23-21(15-18)22-16-19(27-17-25(2,3)26(4,5)29-27)12-14-24(22)28(23)20-9-7-6-8-10-20;2*1-2/h6-16H,17H2,1-5H3;2*1-2H3. The Bertz CT molecular complexity index is 1200. The van der Waals surface area contributed by atoms with Gasteiger partial charge in [-0.2, -0.15) is 0 Å². The number of hydrogen-bond acceptors (Lipinski definition) is 1. The van der Waals surface area contributed by atoms with Crippen molar-refractivity contribution in [3.05, 3.63) is 72.3 Å². The van der Waals surface area contributed by atoms with Gasteiger partial charge >= 0.3 is 6.92 Å². The van der Waals surface area contributed by atoms with E-state index in [1.807, 2.05) is 27.7 Å². The number of benzene rings is 3. The van der Waals surface area contributed by atoms with E-state index in [1.165, 1.54) is 38.5 Å². The Morgan fingerprint density at radius 1 is 0.758 bits per heavy atom. The van der Waals surface area contributed by atoms with Gasteiger partial charge in [-0.25, -0.2) is 0 Å². The smallest absolute Gasteiger partial charge is 0.327 e. The molecule has 3 heteroatoms. The van der Waals surface area contributed by atoms with E-state index in [9.17, 15) is 0 Å². The van der Waals surface area contributed by atoms with Crippen LogP contribution in [0.5, 0.6) is 0 Å². The highest BCUT2D eigenvalue weighted by Gasteiger charge is 2.49. The lowest BCUT2D eigenvalue weighted by molar-refractivity contribution is 0.0375. The maximum Gasteiger partial charge on any atom is 0.327 e. The molecule has 0 atom stereocenters. The predicted molar refractivity (Wildman–Crippen MR) is 147 cm³/mol. The monoisotopic (exact) mass is 441 g/mol. The van der Waals surface area contributed by atoms with Crippen molar-refractivity contribution in [1.29, 1.82) is 0 Å². The summed E-state index contributed by atoms with van der Waals surface area (Å²) in [4.78, 5) is 0. The molecule has 2 heterocycles. The first kappa shape index (κ1) is 25.1. The second-order valence-electron chi connectivity index (χ2n) is 9.67. The Balaban J connectivity index is 0.000000728. The summed E-state index contributed by atoms with van der Waals surface area (Å²) in [5, 5.41) is 2.61. The van der Waals surface area contributed by atoms with Crippen molar-refractivity contribution in [2.24, 2.45) is 5.41 Å². The molecule has 174 valence electrons. The molecule has 1 fully saturated rings. The average Bonchev–Trinajstić information content (AvgIpc) is 3.25. The molecule has 0 spiro atoms. The third-order valence-corrected chi connectivity index (χ3v) is 7.09. The van der Waals surface area contributed by atoms with Crippen LogP contribution in [0.3, 0.4) is 0 Å². The Hall–Kier alpha value is -2.52. The molecule has 1 aliphatic rings. The lowest BCUT2D eigenvalue weighted by atomic mass is 9.54. The van der Waals surface area contributed by atoms with Crippen LogP contribution in [0, 0.1) is 12.3 Å². The fraction of sp³-hybridized carbons (Fsp3) is 0.400. The van der Waals surface area contributed by atoms with E-state index in [4.69, 9.17) is 4.65 Å². The van der Waals surface area contributed by atoms with Gasteiger partial charge in [0.15, 0.2) is 0 Å². The topological polar surface area (TPSA) is 14.2 Å². The molecule has 4 aromatic rings. The Kier molecular flexibility index (Phi) is 7.44. The van der Waals surface area contributed by atoms with Crippen LogP contribution in [0.25, 0.3) is 27.5 Å². The molecule has 1 aromatic heterocycles. The molecule has 0 N–H and O–H groups in total. The quantitative estimate of drug-likeness (QED) is 0.286. The minimum absolute atomic E-state index is 0.124. The first-order valence-corrected chi connectivity index (χ1v) is 12.5. The van der Waals surface area contributed by atoms with Gasteiger partial charge in [-0.3, -0.25) is 0 Å². The molecule has 0 unspecified atom stereocenters. The zero-order valence-electron chi connectivity index (χ0n) is 22.0. The van der Waals surface area contributed by atoms with Crippen LogP contribution in [-0.4, -0.2) is 17.1 Å². The number of nitrogens with zero attached hydrogens (tertiary/aromatic N) is 1. The molecule has 0 aliphatic carbocycles. The first-order chi connectivity index (χ1) is 15.8. The molecule has 3 aromatic carbocycles. The van der Waals surface area contributed by atoms with E-state index in [0.29, 0.717) is 0 Å². The summed E-state index contributed by atoms with van der Waals surface area (Å²) < 4.78 is 8.89. The van der Waals surface area contributed by atoms with E-state index < -0.39 is 0 Å². The molecular formula is C30H40BNO. The number of hydrogen-bond donors (Lipinski definition) is 0. The predicted octanol–water partition coefficient (Wildman–Crippen LogP) is 8.18. The summed E-state index contributed by atoms with van der Waals surface area (Å²) in [6.07, 6.45) is 1.04. The van der Waals surface area contributed by atoms with Gasteiger partial charge in [-0.15, -0.1) is 0 Å². The molecule has 33 heavy (non-hydrogen) atoms. The fourth-order valence-corrected chi connectivity index (χ4v) is 4.66. The van der Waals surface area contributed by atoms with Gasteiger partial charge in [-0.1, -0.05) is 83.5 Å². The van der Waals surface area contributed by atoms with Gasteiger partial charge in [-0.05, 0) is 68.3 Å². The first-order valence-electron chi connectivity index (χ1n) is 12.5. The Morgan fingerprint density at radius 3 is 1.91 bits per heavy atom. The lowest BCUT2D eigenvalue weighted by Gasteiger charge is -2.34. The number of aromatic nitrogens is 1. The second-order valence-corrected chi connectivity index (χ2v) is 9.67. The van der Waals surface area contributed by atoms with Crippen LogP contribution >= 0.6 is 0 Å². The number of para-hydroxylation sites is 1. The number of rotatable bonds is 2. The van der Waals surface area contributed by atoms with Crippen LogP contribution in [-0.2, 0) is 4.65 Å². The highest BCUT2D eigenvalue weighted by molar-refractivity contribution is 6.68. The SMILES string of the molecule is CC.CC.Cc1ccc2c(c1)c1cc(B3CC(C)(C)C(C)(C)O3)ccc1n2-c1ccccc1. The van der Waals surface area contributed by atoms with E-state index in [0.717, 1.165) is 6.32 Å². The maximum atomic E-state index is 6.52. The van der Waals surface area contributed by atoms with E-state index in [2.05, 4.69) is 106 Å². The summed E-state index contributed by atoms with van der Waals surface area (Å²) >= 11 is 0. The van der Waals surface area contributed by atoms with Crippen LogP contribution in [0.4, 0.5) is 0 Å². The van der Waals surface area contributed by atoms with Gasteiger partial charge in [0.1, 0.15) is 0 Å². The van der Waals surface area contributed by atoms with Gasteiger partial charge in [0, 0.05) is 16.5 Å². The zero-order chi connectivity index (χ0) is 24.4. The van der Waals surface area contributed by atoms with Gasteiger partial charge in [0.25, 0.3) is 0 Å². The summed E-state index contributed by atoms with van der Waals surface area (Å²) in [7, 11) is 0. The highest BCUT2D eigenvalue weighted by Crippen LogP contribution is 2.45. The summed E-state index contributed by atoms with van der Waals surface area (Å²) in [5.74, 6) is 0. The number of fused-ring (bicyclic) bond motifs is 3. The molecule has 1 saturated heterocycles. The van der Waals surface area contributed by atoms with Gasteiger partial charge in [0.05, 0.1) is 16.6 Å². The molecule has 5 rings (SSSR count). The minimum atomic E-state index is -0.124. The van der Waals surface area contributed by atoms with Crippen LogP contribution < -0.4 is 5.46 Å². The van der Waals surface area contributed by atoms with Crippen molar-refractivity contribution in [3.8, 4) is 5.69 Å². The Labute approximate surface area is 201 Å². The summed E-state index contributed by atoms with van der Waals surface area (Å²) in [6, 6.07) is 24.3. The van der Waals surface area contributed by atoms with Crippen molar-refractivity contribution in [2.45, 2.75) is 74.2 Å². The minimum Gasteiger partial charge on any atom is -0.426 e. The van der Waals surface area contributed by atoms with E-state index in [1.54, 1.807) is 0 Å².